The molecule has 1 aliphatic rings. The van der Waals surface area contributed by atoms with E-state index in [-0.39, 0.29) is 11.6 Å². The number of esters is 1. The molecule has 0 heterocycles. The van der Waals surface area contributed by atoms with Crippen molar-refractivity contribution in [3.8, 4) is 0 Å². The van der Waals surface area contributed by atoms with E-state index in [4.69, 9.17) is 4.74 Å². The summed E-state index contributed by atoms with van der Waals surface area (Å²) in [5.74, 6) is -2.67. The molecule has 4 nitrogen and oxygen atoms in total. The average molecular weight is 311 g/mol. The molecule has 0 aromatic heterocycles. The quantitative estimate of drug-likeness (QED) is 0.870. The second kappa shape index (κ2) is 7.33. The summed E-state index contributed by atoms with van der Waals surface area (Å²) in [4.78, 5) is 23.5. The highest BCUT2D eigenvalue weighted by Crippen LogP contribution is 2.23. The van der Waals surface area contributed by atoms with E-state index in [1.165, 1.54) is 0 Å². The van der Waals surface area contributed by atoms with Gasteiger partial charge in [0.2, 0.25) is 0 Å². The minimum atomic E-state index is -0.926. The predicted molar refractivity (Wildman–Crippen MR) is 76.2 cm³/mol. The Kier molecular flexibility index (Phi) is 5.46. The molecule has 1 aromatic rings. The van der Waals surface area contributed by atoms with Gasteiger partial charge in [-0.15, -0.1) is 0 Å². The number of carbonyl (C=O) groups excluding carboxylic acids is 2. The first-order valence-corrected chi connectivity index (χ1v) is 7.38. The Labute approximate surface area is 127 Å². The largest absolute Gasteiger partial charge is 0.452 e. The maximum Gasteiger partial charge on any atom is 0.338 e. The Balaban J connectivity index is 1.83. The average Bonchev–Trinajstić information content (AvgIpc) is 2.46. The second-order valence-corrected chi connectivity index (χ2v) is 5.67. The Hall–Kier alpha value is -1.98. The Morgan fingerprint density at radius 3 is 2.45 bits per heavy atom. The standard InChI is InChI=1S/C16H19F2NO3/c1-10-4-2-3-5-14(10)19-15(20)9-22-16(21)11-6-12(17)8-13(18)7-11/h6-8,10,14H,2-5,9H2,1H3,(H,19,20)/t10-,14-/m1/s1. The molecule has 1 saturated carbocycles. The van der Waals surface area contributed by atoms with Crippen LogP contribution in [0.15, 0.2) is 18.2 Å². The fraction of sp³-hybridized carbons (Fsp3) is 0.500. The predicted octanol–water partition coefficient (Wildman–Crippen LogP) is 2.82. The van der Waals surface area contributed by atoms with E-state index in [9.17, 15) is 18.4 Å². The summed E-state index contributed by atoms with van der Waals surface area (Å²) in [6.07, 6.45) is 4.20. The number of benzene rings is 1. The summed E-state index contributed by atoms with van der Waals surface area (Å²) in [5, 5.41) is 2.83. The molecule has 22 heavy (non-hydrogen) atoms. The number of hydrogen-bond acceptors (Lipinski definition) is 3. The lowest BCUT2D eigenvalue weighted by atomic mass is 9.86. The zero-order valence-electron chi connectivity index (χ0n) is 12.4. The van der Waals surface area contributed by atoms with Crippen LogP contribution in [0.4, 0.5) is 8.78 Å². The third kappa shape index (κ3) is 4.51. The van der Waals surface area contributed by atoms with E-state index in [1.807, 2.05) is 0 Å². The molecular formula is C16H19F2NO3. The lowest BCUT2D eigenvalue weighted by molar-refractivity contribution is -0.125. The smallest absolute Gasteiger partial charge is 0.338 e. The molecule has 120 valence electrons. The number of amides is 1. The third-order valence-electron chi connectivity index (χ3n) is 3.89. The molecule has 0 saturated heterocycles. The Morgan fingerprint density at radius 1 is 1.18 bits per heavy atom. The normalized spacial score (nSPS) is 21.2. The van der Waals surface area contributed by atoms with Crippen LogP contribution in [0.25, 0.3) is 0 Å². The molecule has 0 bridgehead atoms. The van der Waals surface area contributed by atoms with Crippen molar-refractivity contribution in [3.05, 3.63) is 35.4 Å². The lowest BCUT2D eigenvalue weighted by Gasteiger charge is -2.29. The van der Waals surface area contributed by atoms with Crippen LogP contribution < -0.4 is 5.32 Å². The van der Waals surface area contributed by atoms with Crippen molar-refractivity contribution >= 4 is 11.9 Å². The molecule has 1 aliphatic carbocycles. The van der Waals surface area contributed by atoms with E-state index < -0.39 is 30.1 Å². The maximum absolute atomic E-state index is 13.0. The Bertz CT molecular complexity index is 542. The minimum Gasteiger partial charge on any atom is -0.452 e. The SMILES string of the molecule is C[C@@H]1CCCC[C@H]1NC(=O)COC(=O)c1cc(F)cc(F)c1. The molecule has 2 rings (SSSR count). The van der Waals surface area contributed by atoms with Crippen molar-refractivity contribution < 1.29 is 23.1 Å². The number of hydrogen-bond donors (Lipinski definition) is 1. The summed E-state index contributed by atoms with van der Waals surface area (Å²) in [5.41, 5.74) is -0.253. The molecule has 2 atom stereocenters. The monoisotopic (exact) mass is 311 g/mol. The lowest BCUT2D eigenvalue weighted by Crippen LogP contribution is -2.42. The fourth-order valence-corrected chi connectivity index (χ4v) is 2.67. The summed E-state index contributed by atoms with van der Waals surface area (Å²) in [7, 11) is 0. The van der Waals surface area contributed by atoms with Crippen molar-refractivity contribution in [2.24, 2.45) is 5.92 Å². The molecule has 0 radical (unpaired) electrons. The van der Waals surface area contributed by atoms with Crippen molar-refractivity contribution in [2.75, 3.05) is 6.61 Å². The molecule has 1 N–H and O–H groups in total. The van der Waals surface area contributed by atoms with Gasteiger partial charge in [0.25, 0.3) is 5.91 Å². The zero-order chi connectivity index (χ0) is 16.1. The zero-order valence-corrected chi connectivity index (χ0v) is 12.4. The van der Waals surface area contributed by atoms with Crippen LogP contribution >= 0.6 is 0 Å². The maximum atomic E-state index is 13.0. The number of nitrogens with one attached hydrogen (secondary N) is 1. The highest BCUT2D eigenvalue weighted by Gasteiger charge is 2.23. The van der Waals surface area contributed by atoms with Crippen LogP contribution in [-0.4, -0.2) is 24.5 Å². The van der Waals surface area contributed by atoms with Gasteiger partial charge in [0.1, 0.15) is 11.6 Å². The summed E-state index contributed by atoms with van der Waals surface area (Å²) in [6, 6.07) is 2.49. The summed E-state index contributed by atoms with van der Waals surface area (Å²) >= 11 is 0. The van der Waals surface area contributed by atoms with Crippen LogP contribution in [-0.2, 0) is 9.53 Å². The van der Waals surface area contributed by atoms with Crippen molar-refractivity contribution in [1.29, 1.82) is 0 Å². The third-order valence-corrected chi connectivity index (χ3v) is 3.89. The molecule has 1 amide bonds. The number of carbonyl (C=O) groups is 2. The highest BCUT2D eigenvalue weighted by atomic mass is 19.1. The van der Waals surface area contributed by atoms with Crippen LogP contribution in [0, 0.1) is 17.6 Å². The number of halogens is 2. The summed E-state index contributed by atoms with van der Waals surface area (Å²) in [6.45, 7) is 1.62. The molecule has 1 aromatic carbocycles. The molecular weight excluding hydrogens is 292 g/mol. The van der Waals surface area contributed by atoms with Crippen LogP contribution in [0.1, 0.15) is 43.0 Å². The summed E-state index contributed by atoms with van der Waals surface area (Å²) < 4.78 is 30.8. The van der Waals surface area contributed by atoms with Gasteiger partial charge in [-0.1, -0.05) is 19.8 Å². The van der Waals surface area contributed by atoms with Crippen molar-refractivity contribution in [3.63, 3.8) is 0 Å². The fourth-order valence-electron chi connectivity index (χ4n) is 2.67. The van der Waals surface area contributed by atoms with Gasteiger partial charge in [-0.05, 0) is 30.9 Å². The first-order valence-electron chi connectivity index (χ1n) is 7.38. The van der Waals surface area contributed by atoms with Crippen LogP contribution in [0.2, 0.25) is 0 Å². The van der Waals surface area contributed by atoms with Gasteiger partial charge in [0.15, 0.2) is 6.61 Å². The number of rotatable bonds is 4. The van der Waals surface area contributed by atoms with Crippen LogP contribution in [0.3, 0.4) is 0 Å². The molecule has 0 spiro atoms. The van der Waals surface area contributed by atoms with E-state index in [2.05, 4.69) is 12.2 Å². The van der Waals surface area contributed by atoms with Gasteiger partial charge in [-0.25, -0.2) is 13.6 Å². The highest BCUT2D eigenvalue weighted by molar-refractivity contribution is 5.91. The van der Waals surface area contributed by atoms with Gasteiger partial charge >= 0.3 is 5.97 Å². The van der Waals surface area contributed by atoms with Gasteiger partial charge in [-0.3, -0.25) is 4.79 Å². The van der Waals surface area contributed by atoms with E-state index in [1.54, 1.807) is 0 Å². The van der Waals surface area contributed by atoms with Gasteiger partial charge < -0.3 is 10.1 Å². The van der Waals surface area contributed by atoms with E-state index in [0.29, 0.717) is 12.0 Å². The topological polar surface area (TPSA) is 55.4 Å². The van der Waals surface area contributed by atoms with Crippen LogP contribution in [0.5, 0.6) is 0 Å². The molecule has 0 aliphatic heterocycles. The van der Waals surface area contributed by atoms with E-state index >= 15 is 0 Å². The van der Waals surface area contributed by atoms with Crippen molar-refractivity contribution in [2.45, 2.75) is 38.6 Å². The van der Waals surface area contributed by atoms with Gasteiger partial charge in [0, 0.05) is 12.1 Å². The Morgan fingerprint density at radius 2 is 1.82 bits per heavy atom. The minimum absolute atomic E-state index is 0.0894. The first-order chi connectivity index (χ1) is 10.5. The van der Waals surface area contributed by atoms with Gasteiger partial charge in [0.05, 0.1) is 5.56 Å². The molecule has 6 heteroatoms. The number of ether oxygens (including phenoxy) is 1. The first kappa shape index (κ1) is 16.4. The van der Waals surface area contributed by atoms with Gasteiger partial charge in [-0.2, -0.15) is 0 Å². The molecule has 0 unspecified atom stereocenters. The molecule has 1 fully saturated rings. The van der Waals surface area contributed by atoms with Crippen molar-refractivity contribution in [1.82, 2.24) is 5.32 Å². The second-order valence-electron chi connectivity index (χ2n) is 5.67. The van der Waals surface area contributed by atoms with E-state index in [0.717, 1.165) is 37.8 Å².